The SMILES string of the molecule is C=COC(COP)COP(=O)(O)O. The van der Waals surface area contributed by atoms with Gasteiger partial charge in [-0.15, -0.1) is 0 Å². The summed E-state index contributed by atoms with van der Waals surface area (Å²) in [6.45, 7) is 3.17. The predicted molar refractivity (Wildman–Crippen MR) is 48.7 cm³/mol. The fourth-order valence-corrected chi connectivity index (χ4v) is 1.13. The summed E-state index contributed by atoms with van der Waals surface area (Å²) in [6.07, 6.45) is 0.569. The Morgan fingerprint density at radius 3 is 2.54 bits per heavy atom. The first-order chi connectivity index (χ1) is 5.99. The molecule has 0 amide bonds. The van der Waals surface area contributed by atoms with Crippen molar-refractivity contribution < 1.29 is 28.1 Å². The van der Waals surface area contributed by atoms with E-state index in [4.69, 9.17) is 14.5 Å². The summed E-state index contributed by atoms with van der Waals surface area (Å²) in [5.74, 6) is 0. The number of phosphoric ester groups is 1. The Kier molecular flexibility index (Phi) is 6.51. The van der Waals surface area contributed by atoms with Gasteiger partial charge in [0.25, 0.3) is 0 Å². The maximum Gasteiger partial charge on any atom is 0.469 e. The summed E-state index contributed by atoms with van der Waals surface area (Å²) in [4.78, 5) is 16.7. The van der Waals surface area contributed by atoms with Gasteiger partial charge in [-0.25, -0.2) is 4.57 Å². The molecule has 0 heterocycles. The predicted octanol–water partition coefficient (Wildman–Crippen LogP) is 0.431. The monoisotopic (exact) mass is 230 g/mol. The van der Waals surface area contributed by atoms with Crippen LogP contribution in [-0.2, 0) is 18.3 Å². The Bertz CT molecular complexity index is 189. The molecule has 0 saturated carbocycles. The van der Waals surface area contributed by atoms with E-state index in [0.717, 1.165) is 6.26 Å². The van der Waals surface area contributed by atoms with E-state index < -0.39 is 13.9 Å². The lowest BCUT2D eigenvalue weighted by molar-refractivity contribution is 0.0429. The molecule has 8 heteroatoms. The average molecular weight is 230 g/mol. The highest BCUT2D eigenvalue weighted by Gasteiger charge is 2.18. The number of phosphoric acid groups is 1. The molecule has 2 unspecified atom stereocenters. The quantitative estimate of drug-likeness (QED) is 0.487. The Morgan fingerprint density at radius 2 is 2.15 bits per heavy atom. The van der Waals surface area contributed by atoms with Crippen molar-refractivity contribution in [3.63, 3.8) is 0 Å². The average Bonchev–Trinajstić information content (AvgIpc) is 2.00. The zero-order valence-electron chi connectivity index (χ0n) is 6.83. The van der Waals surface area contributed by atoms with Crippen molar-refractivity contribution in [1.82, 2.24) is 0 Å². The molecule has 2 N–H and O–H groups in total. The molecule has 13 heavy (non-hydrogen) atoms. The summed E-state index contributed by atoms with van der Waals surface area (Å²) in [5, 5.41) is 0. The molecule has 0 aromatic heterocycles. The van der Waals surface area contributed by atoms with Gasteiger partial charge in [0.2, 0.25) is 0 Å². The van der Waals surface area contributed by atoms with Gasteiger partial charge in [0.05, 0.1) is 19.5 Å². The van der Waals surface area contributed by atoms with E-state index in [1.165, 1.54) is 0 Å². The molecule has 0 saturated heterocycles. The first-order valence-electron chi connectivity index (χ1n) is 3.27. The zero-order chi connectivity index (χ0) is 10.3. The Balaban J connectivity index is 3.81. The normalized spacial score (nSPS) is 13.8. The van der Waals surface area contributed by atoms with E-state index in [9.17, 15) is 4.57 Å². The number of hydrogen-bond donors (Lipinski definition) is 2. The lowest BCUT2D eigenvalue weighted by Crippen LogP contribution is -2.21. The molecule has 0 bridgehead atoms. The first kappa shape index (κ1) is 13.0. The van der Waals surface area contributed by atoms with Crippen molar-refractivity contribution >= 4 is 17.3 Å². The lowest BCUT2D eigenvalue weighted by Gasteiger charge is -2.15. The molecule has 0 rings (SSSR count). The van der Waals surface area contributed by atoms with E-state index in [0.29, 0.717) is 0 Å². The fourth-order valence-electron chi connectivity index (χ4n) is 0.550. The van der Waals surface area contributed by atoms with Gasteiger partial charge < -0.3 is 19.0 Å². The molecule has 0 aliphatic heterocycles. The second-order valence-corrected chi connectivity index (χ2v) is 3.62. The third-order valence-electron chi connectivity index (χ3n) is 0.999. The van der Waals surface area contributed by atoms with Crippen molar-refractivity contribution in [3.05, 3.63) is 12.8 Å². The van der Waals surface area contributed by atoms with Crippen molar-refractivity contribution in [2.45, 2.75) is 6.10 Å². The molecule has 2 atom stereocenters. The minimum Gasteiger partial charge on any atom is -0.494 e. The maximum absolute atomic E-state index is 10.3. The minimum absolute atomic E-state index is 0.136. The fraction of sp³-hybridized carbons (Fsp3) is 0.600. The molecule has 0 radical (unpaired) electrons. The second-order valence-electron chi connectivity index (χ2n) is 2.04. The number of hydrogen-bond acceptors (Lipinski definition) is 4. The lowest BCUT2D eigenvalue weighted by atomic mass is 10.4. The number of rotatable bonds is 7. The molecule has 0 aliphatic carbocycles. The summed E-state index contributed by atoms with van der Waals surface area (Å²) >= 11 is 0. The topological polar surface area (TPSA) is 85.2 Å². The summed E-state index contributed by atoms with van der Waals surface area (Å²) in [7, 11) is -2.45. The van der Waals surface area contributed by atoms with E-state index in [2.05, 4.69) is 15.6 Å². The van der Waals surface area contributed by atoms with Gasteiger partial charge in [0.15, 0.2) is 0 Å². The summed E-state index contributed by atoms with van der Waals surface area (Å²) in [6, 6.07) is 0. The van der Waals surface area contributed by atoms with Crippen LogP contribution in [0.4, 0.5) is 0 Å². The van der Waals surface area contributed by atoms with Crippen LogP contribution in [0.3, 0.4) is 0 Å². The van der Waals surface area contributed by atoms with Gasteiger partial charge in [0.1, 0.15) is 6.10 Å². The van der Waals surface area contributed by atoms with Crippen LogP contribution in [0.25, 0.3) is 0 Å². The van der Waals surface area contributed by atoms with Crippen molar-refractivity contribution in [1.29, 1.82) is 0 Å². The zero-order valence-corrected chi connectivity index (χ0v) is 8.88. The third-order valence-corrected chi connectivity index (χ3v) is 1.68. The van der Waals surface area contributed by atoms with E-state index in [-0.39, 0.29) is 13.2 Å². The third kappa shape index (κ3) is 8.37. The van der Waals surface area contributed by atoms with Crippen molar-refractivity contribution in [2.75, 3.05) is 13.2 Å². The maximum atomic E-state index is 10.3. The van der Waals surface area contributed by atoms with Gasteiger partial charge in [0, 0.05) is 9.47 Å². The van der Waals surface area contributed by atoms with E-state index in [1.54, 1.807) is 0 Å². The molecule has 0 aliphatic rings. The van der Waals surface area contributed by atoms with Crippen molar-refractivity contribution in [3.8, 4) is 0 Å². The molecule has 0 fully saturated rings. The van der Waals surface area contributed by atoms with Crippen LogP contribution in [0.1, 0.15) is 0 Å². The van der Waals surface area contributed by atoms with E-state index in [1.807, 2.05) is 9.47 Å². The van der Waals surface area contributed by atoms with Crippen LogP contribution >= 0.6 is 17.3 Å². The van der Waals surface area contributed by atoms with Crippen LogP contribution < -0.4 is 0 Å². The van der Waals surface area contributed by atoms with Crippen LogP contribution in [-0.4, -0.2) is 29.1 Å². The smallest absolute Gasteiger partial charge is 0.469 e. The van der Waals surface area contributed by atoms with Crippen LogP contribution in [0, 0.1) is 0 Å². The Morgan fingerprint density at radius 1 is 1.54 bits per heavy atom. The minimum atomic E-state index is -4.44. The molecule has 78 valence electrons. The van der Waals surface area contributed by atoms with Crippen LogP contribution in [0.2, 0.25) is 0 Å². The second kappa shape index (κ2) is 6.49. The van der Waals surface area contributed by atoms with Gasteiger partial charge >= 0.3 is 7.82 Å². The molecule has 6 nitrogen and oxygen atoms in total. The molecular weight excluding hydrogens is 218 g/mol. The van der Waals surface area contributed by atoms with Gasteiger partial charge in [-0.2, -0.15) is 0 Å². The molecular formula is C5H12O6P2. The summed E-state index contributed by atoms with van der Waals surface area (Å²) < 4.78 is 24.0. The standard InChI is InChI=1S/C5H12O6P2/c1-2-9-5(3-10-12)4-11-13(6,7)8/h2,5H,1,3-4,12H2,(H2,6,7,8). The van der Waals surface area contributed by atoms with Gasteiger partial charge in [-0.05, 0) is 0 Å². The Hall–Kier alpha value is 0.0400. The highest BCUT2D eigenvalue weighted by atomic mass is 31.2. The molecule has 0 spiro atoms. The largest absolute Gasteiger partial charge is 0.494 e. The van der Waals surface area contributed by atoms with Crippen LogP contribution in [0.15, 0.2) is 12.8 Å². The Labute approximate surface area is 78.4 Å². The first-order valence-corrected chi connectivity index (χ1v) is 5.28. The molecule has 0 aromatic carbocycles. The van der Waals surface area contributed by atoms with Gasteiger partial charge in [-0.3, -0.25) is 4.52 Å². The molecule has 0 aromatic rings. The van der Waals surface area contributed by atoms with Gasteiger partial charge in [-0.1, -0.05) is 6.58 Å². The number of ether oxygens (including phenoxy) is 1. The van der Waals surface area contributed by atoms with Crippen molar-refractivity contribution in [2.24, 2.45) is 0 Å². The van der Waals surface area contributed by atoms with E-state index >= 15 is 0 Å². The summed E-state index contributed by atoms with van der Waals surface area (Å²) in [5.41, 5.74) is 0. The highest BCUT2D eigenvalue weighted by Crippen LogP contribution is 2.35. The van der Waals surface area contributed by atoms with Crippen LogP contribution in [0.5, 0.6) is 0 Å². The highest BCUT2D eigenvalue weighted by molar-refractivity contribution is 7.46.